The molecular formula is C40H28N4. The van der Waals surface area contributed by atoms with E-state index in [1.54, 1.807) is 0 Å². The Morgan fingerprint density at radius 2 is 1.02 bits per heavy atom. The van der Waals surface area contributed by atoms with Crippen LogP contribution in [0.3, 0.4) is 0 Å². The van der Waals surface area contributed by atoms with E-state index in [4.69, 9.17) is 15.1 Å². The van der Waals surface area contributed by atoms with Crippen molar-refractivity contribution >= 4 is 16.3 Å². The second-order valence-corrected chi connectivity index (χ2v) is 11.0. The molecule has 0 atom stereocenters. The molecule has 0 N–H and O–H groups in total. The van der Waals surface area contributed by atoms with Crippen molar-refractivity contribution in [3.05, 3.63) is 157 Å². The van der Waals surface area contributed by atoms with E-state index < -0.39 is 0 Å². The minimum atomic E-state index is 0.709. The van der Waals surface area contributed by atoms with Crippen molar-refractivity contribution in [1.29, 1.82) is 0 Å². The van der Waals surface area contributed by atoms with Gasteiger partial charge in [0.1, 0.15) is 0 Å². The highest BCUT2D eigenvalue weighted by molar-refractivity contribution is 6.06. The molecule has 8 aromatic rings. The van der Waals surface area contributed by atoms with Gasteiger partial charge in [0.15, 0.2) is 5.82 Å². The predicted molar refractivity (Wildman–Crippen MR) is 180 cm³/mol. The highest BCUT2D eigenvalue weighted by atomic mass is 15.2. The van der Waals surface area contributed by atoms with Gasteiger partial charge in [-0.3, -0.25) is 0 Å². The summed E-state index contributed by atoms with van der Waals surface area (Å²) in [6, 6.07) is 52.5. The van der Waals surface area contributed by atoms with Gasteiger partial charge in [-0.2, -0.15) is 5.10 Å². The summed E-state index contributed by atoms with van der Waals surface area (Å²) in [5.41, 5.74) is 11.4. The molecule has 0 amide bonds. The first-order valence-corrected chi connectivity index (χ1v) is 14.8. The number of pyridine rings is 1. The minimum Gasteiger partial charge on any atom is -0.232 e. The van der Waals surface area contributed by atoms with Gasteiger partial charge in [0.2, 0.25) is 0 Å². The highest BCUT2D eigenvalue weighted by Gasteiger charge is 2.19. The van der Waals surface area contributed by atoms with E-state index in [1.807, 2.05) is 42.5 Å². The van der Waals surface area contributed by atoms with E-state index in [-0.39, 0.29) is 0 Å². The minimum absolute atomic E-state index is 0.709. The lowest BCUT2D eigenvalue weighted by Gasteiger charge is -2.13. The molecule has 0 bridgehead atoms. The van der Waals surface area contributed by atoms with E-state index in [2.05, 4.69) is 121 Å². The van der Waals surface area contributed by atoms with Crippen LogP contribution in [-0.4, -0.2) is 19.6 Å². The topological polar surface area (TPSA) is 43.1 Å². The Bertz CT molecular complexity index is 2200. The summed E-state index contributed by atoms with van der Waals surface area (Å²) in [5.74, 6) is 0.709. The lowest BCUT2D eigenvalue weighted by Crippen LogP contribution is -1.97. The summed E-state index contributed by atoms with van der Waals surface area (Å²) in [7, 11) is 0. The van der Waals surface area contributed by atoms with Crippen molar-refractivity contribution in [2.45, 2.75) is 6.92 Å². The fourth-order valence-electron chi connectivity index (χ4n) is 6.05. The molecule has 0 unspecified atom stereocenters. The van der Waals surface area contributed by atoms with Crippen molar-refractivity contribution in [2.24, 2.45) is 0 Å². The first-order valence-electron chi connectivity index (χ1n) is 14.8. The maximum Gasteiger partial charge on any atom is 0.160 e. The summed E-state index contributed by atoms with van der Waals surface area (Å²) in [6.45, 7) is 2.10. The molecule has 208 valence electrons. The molecule has 0 aliphatic carbocycles. The third kappa shape index (κ3) is 4.54. The summed E-state index contributed by atoms with van der Waals surface area (Å²) < 4.78 is 2.11. The molecule has 0 fully saturated rings. The molecule has 5 aromatic carbocycles. The number of hydrogen-bond donors (Lipinski definition) is 0. The number of aryl methyl sites for hydroxylation is 1. The largest absolute Gasteiger partial charge is 0.232 e. The molecule has 4 nitrogen and oxygen atoms in total. The normalized spacial score (nSPS) is 11.3. The molecule has 3 heterocycles. The number of hydrogen-bond acceptors (Lipinski definition) is 3. The molecule has 0 aliphatic heterocycles. The molecule has 8 rings (SSSR count). The van der Waals surface area contributed by atoms with Crippen molar-refractivity contribution in [2.75, 3.05) is 0 Å². The van der Waals surface area contributed by atoms with Gasteiger partial charge >= 0.3 is 0 Å². The number of nitrogens with zero attached hydrogens (tertiary/aromatic N) is 4. The third-order valence-corrected chi connectivity index (χ3v) is 8.14. The van der Waals surface area contributed by atoms with Gasteiger partial charge in [0.05, 0.1) is 28.3 Å². The Kier molecular flexibility index (Phi) is 6.31. The number of benzene rings is 5. The molecule has 0 saturated carbocycles. The van der Waals surface area contributed by atoms with Crippen molar-refractivity contribution < 1.29 is 0 Å². The Morgan fingerprint density at radius 3 is 1.66 bits per heavy atom. The molecule has 0 spiro atoms. The Hall–Kier alpha value is -5.87. The Balaban J connectivity index is 1.39. The molecular weight excluding hydrogens is 536 g/mol. The van der Waals surface area contributed by atoms with Crippen LogP contribution in [0.2, 0.25) is 0 Å². The van der Waals surface area contributed by atoms with E-state index in [0.717, 1.165) is 72.4 Å². The van der Waals surface area contributed by atoms with Crippen LogP contribution in [0.15, 0.2) is 152 Å². The van der Waals surface area contributed by atoms with Gasteiger partial charge in [-0.05, 0) is 36.1 Å². The molecule has 44 heavy (non-hydrogen) atoms. The van der Waals surface area contributed by atoms with Crippen LogP contribution in [0.5, 0.6) is 0 Å². The smallest absolute Gasteiger partial charge is 0.160 e. The van der Waals surface area contributed by atoms with Crippen LogP contribution in [0.25, 0.3) is 72.6 Å². The zero-order valence-corrected chi connectivity index (χ0v) is 24.2. The van der Waals surface area contributed by atoms with E-state index in [9.17, 15) is 0 Å². The first kappa shape index (κ1) is 25.8. The molecule has 0 radical (unpaired) electrons. The van der Waals surface area contributed by atoms with Crippen LogP contribution in [0.4, 0.5) is 0 Å². The van der Waals surface area contributed by atoms with Crippen LogP contribution >= 0.6 is 0 Å². The lowest BCUT2D eigenvalue weighted by molar-refractivity contribution is 0.946. The van der Waals surface area contributed by atoms with Gasteiger partial charge in [-0.25, -0.2) is 14.5 Å². The van der Waals surface area contributed by atoms with E-state index in [0.29, 0.717) is 5.82 Å². The Labute approximate surface area is 256 Å². The van der Waals surface area contributed by atoms with E-state index in [1.165, 1.54) is 0 Å². The van der Waals surface area contributed by atoms with E-state index >= 15 is 0 Å². The van der Waals surface area contributed by atoms with Gasteiger partial charge in [-0.1, -0.05) is 133 Å². The maximum atomic E-state index is 5.09. The lowest BCUT2D eigenvalue weighted by atomic mass is 9.97. The predicted octanol–water partition coefficient (Wildman–Crippen LogP) is 9.92. The third-order valence-electron chi connectivity index (χ3n) is 8.14. The van der Waals surface area contributed by atoms with Crippen molar-refractivity contribution in [1.82, 2.24) is 19.6 Å². The first-order chi connectivity index (χ1) is 21.7. The average molecular weight is 565 g/mol. The standard InChI is InChI=1S/C40H28N4/c1-27-38(30-18-10-4-11-19-30)39-34-23-22-32(24-33(34)25-37(44(39)43-27)29-16-8-3-9-17-29)36-26-35(28-14-6-2-7-15-28)41-40(42-36)31-20-12-5-13-21-31/h2-26H,1H3. The highest BCUT2D eigenvalue weighted by Crippen LogP contribution is 2.38. The van der Waals surface area contributed by atoms with Gasteiger partial charge < -0.3 is 0 Å². The summed E-state index contributed by atoms with van der Waals surface area (Å²) in [4.78, 5) is 10.1. The fourth-order valence-corrected chi connectivity index (χ4v) is 6.05. The quantitative estimate of drug-likeness (QED) is 0.209. The summed E-state index contributed by atoms with van der Waals surface area (Å²) in [6.07, 6.45) is 0. The monoisotopic (exact) mass is 564 g/mol. The molecule has 4 heteroatoms. The molecule has 0 aliphatic rings. The number of rotatable bonds is 5. The second kappa shape index (κ2) is 10.8. The second-order valence-electron chi connectivity index (χ2n) is 11.0. The zero-order valence-electron chi connectivity index (χ0n) is 24.2. The van der Waals surface area contributed by atoms with Crippen molar-refractivity contribution in [3.8, 4) is 56.3 Å². The molecule has 3 aromatic heterocycles. The number of aromatic nitrogens is 4. The van der Waals surface area contributed by atoms with Crippen LogP contribution in [0.1, 0.15) is 5.69 Å². The Morgan fingerprint density at radius 1 is 0.477 bits per heavy atom. The van der Waals surface area contributed by atoms with Crippen LogP contribution in [0, 0.1) is 6.92 Å². The zero-order chi connectivity index (χ0) is 29.5. The summed E-state index contributed by atoms with van der Waals surface area (Å²) >= 11 is 0. The van der Waals surface area contributed by atoms with Gasteiger partial charge in [0.25, 0.3) is 0 Å². The van der Waals surface area contributed by atoms with Crippen LogP contribution in [-0.2, 0) is 0 Å². The molecule has 0 saturated heterocycles. The van der Waals surface area contributed by atoms with Gasteiger partial charge in [-0.15, -0.1) is 0 Å². The fraction of sp³-hybridized carbons (Fsp3) is 0.0250. The van der Waals surface area contributed by atoms with Gasteiger partial charge in [0, 0.05) is 33.2 Å². The average Bonchev–Trinajstić information content (AvgIpc) is 3.46. The van der Waals surface area contributed by atoms with Crippen molar-refractivity contribution in [3.63, 3.8) is 0 Å². The maximum absolute atomic E-state index is 5.09. The number of fused-ring (bicyclic) bond motifs is 3. The summed E-state index contributed by atoms with van der Waals surface area (Å²) in [5, 5.41) is 7.36. The SMILES string of the molecule is Cc1nn2c(-c3ccccc3)cc3cc(-c4cc(-c5ccccc5)nc(-c5ccccc5)n4)ccc3c2c1-c1ccccc1. The van der Waals surface area contributed by atoms with Crippen LogP contribution < -0.4 is 0 Å².